The second kappa shape index (κ2) is 9.77. The number of nitrogens with zero attached hydrogens (tertiary/aromatic N) is 4. The first-order valence-corrected chi connectivity index (χ1v) is 13.1. The van der Waals surface area contributed by atoms with E-state index in [9.17, 15) is 22.4 Å². The number of Topliss-reactive ketones (excluding diaryl/α,β-unsaturated/α-hetero) is 1. The van der Waals surface area contributed by atoms with Crippen molar-refractivity contribution in [3.8, 4) is 5.69 Å². The maximum absolute atomic E-state index is 14.1. The lowest BCUT2D eigenvalue weighted by atomic mass is 9.65. The Morgan fingerprint density at radius 2 is 1.77 bits per heavy atom. The summed E-state index contributed by atoms with van der Waals surface area (Å²) >= 11 is 1.35. The molecule has 1 aliphatic carbocycles. The smallest absolute Gasteiger partial charge is 0.293 e. The number of alkyl halides is 3. The van der Waals surface area contributed by atoms with Gasteiger partial charge in [-0.2, -0.15) is 18.3 Å². The number of benzene rings is 2. The van der Waals surface area contributed by atoms with Gasteiger partial charge in [0.1, 0.15) is 5.82 Å². The maximum atomic E-state index is 14.1. The van der Waals surface area contributed by atoms with Crippen molar-refractivity contribution in [2.24, 2.45) is 5.41 Å². The lowest BCUT2D eigenvalue weighted by Gasteiger charge is -2.45. The number of aromatic nitrogens is 3. The zero-order valence-corrected chi connectivity index (χ0v) is 21.3. The van der Waals surface area contributed by atoms with Crippen LogP contribution in [0, 0.1) is 11.2 Å². The predicted molar refractivity (Wildman–Crippen MR) is 140 cm³/mol. The minimum atomic E-state index is -4.40. The first kappa shape index (κ1) is 25.5. The summed E-state index contributed by atoms with van der Waals surface area (Å²) in [6.07, 6.45) is 3.54. The monoisotopic (exact) mass is 550 g/mol. The van der Waals surface area contributed by atoms with Crippen molar-refractivity contribution >= 4 is 23.8 Å². The second-order valence-electron chi connectivity index (χ2n) is 9.67. The van der Waals surface area contributed by atoms with E-state index in [0.29, 0.717) is 36.4 Å². The summed E-state index contributed by atoms with van der Waals surface area (Å²) in [6, 6.07) is 14.6. The largest absolute Gasteiger partial charge is 0.416 e. The molecular weight excluding hydrogens is 528 g/mol. The highest BCUT2D eigenvalue weighted by molar-refractivity contribution is 7.97. The summed E-state index contributed by atoms with van der Waals surface area (Å²) in [5.74, 6) is -0.392. The number of halogens is 4. The predicted octanol–water partition coefficient (Wildman–Crippen LogP) is 6.65. The summed E-state index contributed by atoms with van der Waals surface area (Å²) in [5, 5.41) is 4.55. The number of pyridine rings is 1. The fourth-order valence-corrected chi connectivity index (χ4v) is 6.33. The van der Waals surface area contributed by atoms with Crippen LogP contribution in [-0.4, -0.2) is 37.9 Å². The van der Waals surface area contributed by atoms with Gasteiger partial charge in [-0.25, -0.2) is 13.4 Å². The van der Waals surface area contributed by atoms with Crippen LogP contribution in [0.2, 0.25) is 0 Å². The first-order valence-electron chi connectivity index (χ1n) is 12.3. The zero-order valence-electron chi connectivity index (χ0n) is 20.5. The third-order valence-electron chi connectivity index (χ3n) is 7.23. The quantitative estimate of drug-likeness (QED) is 0.158. The van der Waals surface area contributed by atoms with Crippen molar-refractivity contribution in [1.82, 2.24) is 19.1 Å². The van der Waals surface area contributed by atoms with Gasteiger partial charge >= 0.3 is 6.18 Å². The van der Waals surface area contributed by atoms with Crippen molar-refractivity contribution in [3.05, 3.63) is 113 Å². The summed E-state index contributed by atoms with van der Waals surface area (Å²) in [5.41, 5.74) is 2.35. The average Bonchev–Trinajstić information content (AvgIpc) is 3.34. The Balaban J connectivity index is 1.35. The van der Waals surface area contributed by atoms with Crippen LogP contribution in [0.15, 0.2) is 89.7 Å². The lowest BCUT2D eigenvalue weighted by Crippen LogP contribution is -2.49. The Morgan fingerprint density at radius 1 is 1.00 bits per heavy atom. The van der Waals surface area contributed by atoms with Crippen LogP contribution in [0.3, 0.4) is 0 Å². The molecule has 198 valence electrons. The van der Waals surface area contributed by atoms with Gasteiger partial charge in [0.2, 0.25) is 0 Å². The molecule has 1 fully saturated rings. The fourth-order valence-electron chi connectivity index (χ4n) is 5.31. The van der Waals surface area contributed by atoms with E-state index in [1.807, 2.05) is 10.4 Å². The van der Waals surface area contributed by atoms with Crippen molar-refractivity contribution in [2.75, 3.05) is 13.1 Å². The molecule has 39 heavy (non-hydrogen) atoms. The summed E-state index contributed by atoms with van der Waals surface area (Å²) in [4.78, 5) is 18.9. The van der Waals surface area contributed by atoms with Crippen molar-refractivity contribution in [2.45, 2.75) is 23.9 Å². The van der Waals surface area contributed by atoms with E-state index in [1.54, 1.807) is 47.5 Å². The molecule has 2 aromatic heterocycles. The highest BCUT2D eigenvalue weighted by atomic mass is 32.2. The standard InChI is InChI=1S/C29H22F4N4OS/c30-23-5-7-24(8-6-23)37-26-14-22-11-13-36(39-25-9-3-21(4-10-25)29(31,32)33)18-28(22,15-20(26)17-35-37)27(38)19-2-1-12-34-16-19/h1-10,12,14,16-17H,11,13,15,18H2. The molecule has 0 saturated carbocycles. The molecule has 1 atom stereocenters. The molecule has 1 unspecified atom stereocenters. The topological polar surface area (TPSA) is 51.0 Å². The first-order chi connectivity index (χ1) is 18.7. The van der Waals surface area contributed by atoms with Gasteiger partial charge in [-0.05, 0) is 97.1 Å². The number of hydrogen-bond acceptors (Lipinski definition) is 5. The molecule has 2 aromatic carbocycles. The zero-order chi connectivity index (χ0) is 27.2. The van der Waals surface area contributed by atoms with Crippen LogP contribution >= 0.6 is 11.9 Å². The number of carbonyl (C=O) groups is 1. The number of hydrogen-bond donors (Lipinski definition) is 0. The Bertz CT molecular complexity index is 1550. The van der Waals surface area contributed by atoms with E-state index < -0.39 is 17.2 Å². The number of carbonyl (C=O) groups excluding carboxylic acids is 1. The van der Waals surface area contributed by atoms with Crippen molar-refractivity contribution in [3.63, 3.8) is 0 Å². The molecule has 10 heteroatoms. The van der Waals surface area contributed by atoms with Gasteiger partial charge in [-0.1, -0.05) is 5.57 Å². The average molecular weight is 551 g/mol. The van der Waals surface area contributed by atoms with E-state index >= 15 is 0 Å². The van der Waals surface area contributed by atoms with Crippen molar-refractivity contribution < 1.29 is 22.4 Å². The van der Waals surface area contributed by atoms with Crippen LogP contribution in [0.5, 0.6) is 0 Å². The lowest BCUT2D eigenvalue weighted by molar-refractivity contribution is -0.137. The number of piperidine rings is 1. The minimum Gasteiger partial charge on any atom is -0.293 e. The van der Waals surface area contributed by atoms with Gasteiger partial charge in [0.25, 0.3) is 0 Å². The number of rotatable bonds is 5. The third-order valence-corrected chi connectivity index (χ3v) is 8.28. The molecule has 0 amide bonds. The Hall–Kier alpha value is -3.76. The Kier molecular flexibility index (Phi) is 6.39. The minimum absolute atomic E-state index is 0.0558. The summed E-state index contributed by atoms with van der Waals surface area (Å²) < 4.78 is 56.4. The second-order valence-corrected chi connectivity index (χ2v) is 10.8. The molecule has 0 N–H and O–H groups in total. The maximum Gasteiger partial charge on any atom is 0.416 e. The number of fused-ring (bicyclic) bond motifs is 2. The van der Waals surface area contributed by atoms with Crippen molar-refractivity contribution in [1.29, 1.82) is 0 Å². The van der Waals surface area contributed by atoms with Gasteiger partial charge in [-0.3, -0.25) is 9.78 Å². The van der Waals surface area contributed by atoms with E-state index in [0.717, 1.165) is 34.7 Å². The highest BCUT2D eigenvalue weighted by Gasteiger charge is 2.49. The van der Waals surface area contributed by atoms with Gasteiger partial charge in [-0.15, -0.1) is 0 Å². The van der Waals surface area contributed by atoms with Crippen LogP contribution < -0.4 is 0 Å². The van der Waals surface area contributed by atoms with E-state index in [-0.39, 0.29) is 11.6 Å². The van der Waals surface area contributed by atoms with Crippen LogP contribution in [0.25, 0.3) is 11.8 Å². The van der Waals surface area contributed by atoms with Crippen LogP contribution in [-0.2, 0) is 12.6 Å². The van der Waals surface area contributed by atoms with Gasteiger partial charge < -0.3 is 0 Å². The Labute approximate surface area is 226 Å². The van der Waals surface area contributed by atoms with Crippen LogP contribution in [0.4, 0.5) is 17.6 Å². The van der Waals surface area contributed by atoms with E-state index in [2.05, 4.69) is 10.1 Å². The molecule has 0 spiro atoms. The molecule has 6 rings (SSSR count). The summed E-state index contributed by atoms with van der Waals surface area (Å²) in [7, 11) is 0. The van der Waals surface area contributed by atoms with Crippen LogP contribution in [0.1, 0.15) is 33.6 Å². The van der Waals surface area contributed by atoms with E-state index in [4.69, 9.17) is 0 Å². The summed E-state index contributed by atoms with van der Waals surface area (Å²) in [6.45, 7) is 0.985. The SMILES string of the molecule is O=C(c1cccnc1)C12Cc3cnn(-c4ccc(F)cc4)c3C=C1CCN(Sc1ccc(C(F)(F)F)cc1)C2. The Morgan fingerprint density at radius 3 is 2.46 bits per heavy atom. The van der Waals surface area contributed by atoms with Gasteiger partial charge in [0.05, 0.1) is 28.6 Å². The molecule has 1 saturated heterocycles. The molecule has 1 aliphatic heterocycles. The molecule has 0 bridgehead atoms. The van der Waals surface area contributed by atoms with Gasteiger partial charge in [0, 0.05) is 35.9 Å². The molecular formula is C29H22F4N4OS. The fraction of sp³-hybridized carbons (Fsp3) is 0.207. The third kappa shape index (κ3) is 4.79. The molecule has 4 aromatic rings. The normalized spacial score (nSPS) is 19.2. The molecule has 2 aliphatic rings. The van der Waals surface area contributed by atoms with Gasteiger partial charge in [0.15, 0.2) is 5.78 Å². The molecule has 3 heterocycles. The highest BCUT2D eigenvalue weighted by Crippen LogP contribution is 2.48. The molecule has 5 nitrogen and oxygen atoms in total. The molecule has 0 radical (unpaired) electrons. The number of ketones is 1. The van der Waals surface area contributed by atoms with E-state index in [1.165, 1.54) is 36.2 Å².